The Morgan fingerprint density at radius 1 is 1.53 bits per heavy atom. The van der Waals surface area contributed by atoms with Crippen LogP contribution in [0.1, 0.15) is 18.4 Å². The number of H-pyrrole nitrogens is 1. The monoisotopic (exact) mass is 259 g/mol. The Hall–Kier alpha value is -1.88. The fourth-order valence-corrected chi connectivity index (χ4v) is 2.36. The predicted octanol–water partition coefficient (Wildman–Crippen LogP) is 1.61. The second kappa shape index (κ2) is 4.66. The number of carbonyl (C=O) groups excluding carboxylic acids is 1. The lowest BCUT2D eigenvalue weighted by Crippen LogP contribution is -2.30. The number of hydrogen-bond donors (Lipinski definition) is 2. The van der Waals surface area contributed by atoms with Gasteiger partial charge in [-0.25, -0.2) is 4.98 Å². The fourth-order valence-electron chi connectivity index (χ4n) is 2.36. The minimum atomic E-state index is -0.271. The van der Waals surface area contributed by atoms with Crippen molar-refractivity contribution in [2.45, 2.75) is 19.4 Å². The van der Waals surface area contributed by atoms with Crippen molar-refractivity contribution in [2.24, 2.45) is 5.41 Å². The largest absolute Gasteiger partial charge is 0.469 e. The van der Waals surface area contributed by atoms with Gasteiger partial charge in [-0.05, 0) is 30.5 Å². The standard InChI is InChI=1S/C14H17N3O2/c1-19-13(18)14(4-5-14)8-15-7-10-2-3-11-12(6-10)17-9-16-11/h2-3,6,9,15H,4-5,7-8H2,1H3,(H,16,17). The van der Waals surface area contributed by atoms with Gasteiger partial charge in [-0.15, -0.1) is 0 Å². The number of hydrogen-bond acceptors (Lipinski definition) is 4. The van der Waals surface area contributed by atoms with E-state index in [4.69, 9.17) is 4.74 Å². The molecule has 0 amide bonds. The molecule has 19 heavy (non-hydrogen) atoms. The number of fused-ring (bicyclic) bond motifs is 1. The molecule has 100 valence electrons. The molecule has 0 saturated heterocycles. The van der Waals surface area contributed by atoms with Gasteiger partial charge in [0.1, 0.15) is 0 Å². The van der Waals surface area contributed by atoms with Gasteiger partial charge in [-0.1, -0.05) is 6.07 Å². The molecule has 1 aliphatic carbocycles. The third-order valence-corrected chi connectivity index (χ3v) is 3.75. The van der Waals surface area contributed by atoms with E-state index in [0.717, 1.165) is 30.4 Å². The van der Waals surface area contributed by atoms with Crippen LogP contribution in [0, 0.1) is 5.41 Å². The maximum absolute atomic E-state index is 11.6. The molecule has 1 aromatic carbocycles. The van der Waals surface area contributed by atoms with Crippen molar-refractivity contribution in [3.63, 3.8) is 0 Å². The molecule has 0 unspecified atom stereocenters. The molecule has 1 fully saturated rings. The zero-order valence-electron chi connectivity index (χ0n) is 10.9. The molecular weight excluding hydrogens is 242 g/mol. The summed E-state index contributed by atoms with van der Waals surface area (Å²) in [6.07, 6.45) is 3.54. The summed E-state index contributed by atoms with van der Waals surface area (Å²) in [6.45, 7) is 1.42. The van der Waals surface area contributed by atoms with Crippen LogP contribution in [0.15, 0.2) is 24.5 Å². The summed E-state index contributed by atoms with van der Waals surface area (Å²) in [4.78, 5) is 18.9. The normalized spacial score (nSPS) is 16.5. The summed E-state index contributed by atoms with van der Waals surface area (Å²) in [5, 5.41) is 3.34. The molecule has 2 aromatic rings. The van der Waals surface area contributed by atoms with Crippen LogP contribution in [0.3, 0.4) is 0 Å². The van der Waals surface area contributed by atoms with Gasteiger partial charge < -0.3 is 15.0 Å². The molecule has 0 aliphatic heterocycles. The van der Waals surface area contributed by atoms with Crippen LogP contribution in [-0.2, 0) is 16.1 Å². The smallest absolute Gasteiger partial charge is 0.313 e. The molecule has 3 rings (SSSR count). The summed E-state index contributed by atoms with van der Waals surface area (Å²) < 4.78 is 4.84. The average molecular weight is 259 g/mol. The molecule has 1 aliphatic rings. The predicted molar refractivity (Wildman–Crippen MR) is 71.5 cm³/mol. The van der Waals surface area contributed by atoms with Crippen molar-refractivity contribution in [1.82, 2.24) is 15.3 Å². The number of esters is 1. The first-order valence-corrected chi connectivity index (χ1v) is 6.45. The first-order chi connectivity index (χ1) is 9.23. The van der Waals surface area contributed by atoms with Crippen molar-refractivity contribution in [3.05, 3.63) is 30.1 Å². The first kappa shape index (κ1) is 12.2. The third kappa shape index (κ3) is 2.33. The van der Waals surface area contributed by atoms with Crippen molar-refractivity contribution in [2.75, 3.05) is 13.7 Å². The van der Waals surface area contributed by atoms with E-state index in [0.29, 0.717) is 6.54 Å². The fraction of sp³-hybridized carbons (Fsp3) is 0.429. The first-order valence-electron chi connectivity index (χ1n) is 6.45. The van der Waals surface area contributed by atoms with Gasteiger partial charge in [0.05, 0.1) is 29.9 Å². The average Bonchev–Trinajstić information content (AvgIpc) is 3.07. The molecule has 1 saturated carbocycles. The Morgan fingerprint density at radius 2 is 2.37 bits per heavy atom. The van der Waals surface area contributed by atoms with E-state index in [-0.39, 0.29) is 11.4 Å². The highest BCUT2D eigenvalue weighted by atomic mass is 16.5. The van der Waals surface area contributed by atoms with E-state index < -0.39 is 0 Å². The Bertz CT molecular complexity index is 602. The molecule has 0 bridgehead atoms. The lowest BCUT2D eigenvalue weighted by molar-refractivity contribution is -0.146. The molecular formula is C14H17N3O2. The highest BCUT2D eigenvalue weighted by molar-refractivity contribution is 5.80. The van der Waals surface area contributed by atoms with Gasteiger partial charge in [0.2, 0.25) is 0 Å². The Morgan fingerprint density at radius 3 is 3.11 bits per heavy atom. The van der Waals surface area contributed by atoms with Crippen molar-refractivity contribution < 1.29 is 9.53 Å². The van der Waals surface area contributed by atoms with Gasteiger partial charge in [-0.2, -0.15) is 0 Å². The summed E-state index contributed by atoms with van der Waals surface area (Å²) >= 11 is 0. The number of aromatic amines is 1. The van der Waals surface area contributed by atoms with E-state index in [1.165, 1.54) is 12.7 Å². The van der Waals surface area contributed by atoms with Crippen LogP contribution in [0.5, 0.6) is 0 Å². The molecule has 1 aromatic heterocycles. The Labute approximate surface area is 111 Å². The molecule has 0 atom stereocenters. The van der Waals surface area contributed by atoms with Gasteiger partial charge in [0, 0.05) is 13.1 Å². The van der Waals surface area contributed by atoms with Crippen LogP contribution in [0.4, 0.5) is 0 Å². The van der Waals surface area contributed by atoms with Crippen LogP contribution in [-0.4, -0.2) is 29.6 Å². The van der Waals surface area contributed by atoms with Crippen molar-refractivity contribution in [1.29, 1.82) is 0 Å². The summed E-state index contributed by atoms with van der Waals surface area (Å²) in [6, 6.07) is 6.12. The van der Waals surface area contributed by atoms with E-state index >= 15 is 0 Å². The number of benzene rings is 1. The number of nitrogens with zero attached hydrogens (tertiary/aromatic N) is 1. The zero-order chi connectivity index (χ0) is 13.3. The van der Waals surface area contributed by atoms with Gasteiger partial charge in [0.15, 0.2) is 0 Å². The van der Waals surface area contributed by atoms with Gasteiger partial charge in [-0.3, -0.25) is 4.79 Å². The zero-order valence-corrected chi connectivity index (χ0v) is 10.9. The lowest BCUT2D eigenvalue weighted by atomic mass is 10.1. The lowest BCUT2D eigenvalue weighted by Gasteiger charge is -2.13. The molecule has 2 N–H and O–H groups in total. The second-order valence-corrected chi connectivity index (χ2v) is 5.13. The summed E-state index contributed by atoms with van der Waals surface area (Å²) in [7, 11) is 1.45. The van der Waals surface area contributed by atoms with E-state index in [1.54, 1.807) is 6.33 Å². The number of nitrogens with one attached hydrogen (secondary N) is 2. The Balaban J connectivity index is 1.59. The topological polar surface area (TPSA) is 67.0 Å². The number of ether oxygens (including phenoxy) is 1. The number of imidazole rings is 1. The highest BCUT2D eigenvalue weighted by Crippen LogP contribution is 2.46. The number of carbonyl (C=O) groups is 1. The summed E-state index contributed by atoms with van der Waals surface area (Å²) in [5.41, 5.74) is 2.91. The number of methoxy groups -OCH3 is 1. The van der Waals surface area contributed by atoms with Gasteiger partial charge in [0.25, 0.3) is 0 Å². The van der Waals surface area contributed by atoms with E-state index in [2.05, 4.69) is 21.4 Å². The quantitative estimate of drug-likeness (QED) is 0.800. The maximum atomic E-state index is 11.6. The number of rotatable bonds is 5. The van der Waals surface area contributed by atoms with Crippen molar-refractivity contribution in [3.8, 4) is 0 Å². The van der Waals surface area contributed by atoms with Crippen molar-refractivity contribution >= 4 is 17.0 Å². The number of aromatic nitrogens is 2. The molecule has 1 heterocycles. The Kier molecular flexibility index (Phi) is 2.98. The second-order valence-electron chi connectivity index (χ2n) is 5.13. The van der Waals surface area contributed by atoms with Gasteiger partial charge >= 0.3 is 5.97 Å². The SMILES string of the molecule is COC(=O)C1(CNCc2ccc3nc[nH]c3c2)CC1. The minimum absolute atomic E-state index is 0.0935. The van der Waals surface area contributed by atoms with Crippen LogP contribution in [0.2, 0.25) is 0 Å². The third-order valence-electron chi connectivity index (χ3n) is 3.75. The molecule has 5 nitrogen and oxygen atoms in total. The van der Waals surface area contributed by atoms with Crippen LogP contribution < -0.4 is 5.32 Å². The van der Waals surface area contributed by atoms with E-state index in [1.807, 2.05) is 12.1 Å². The van der Waals surface area contributed by atoms with Crippen LogP contribution in [0.25, 0.3) is 11.0 Å². The van der Waals surface area contributed by atoms with E-state index in [9.17, 15) is 4.79 Å². The minimum Gasteiger partial charge on any atom is -0.469 e. The van der Waals surface area contributed by atoms with Crippen LogP contribution >= 0.6 is 0 Å². The highest BCUT2D eigenvalue weighted by Gasteiger charge is 2.50. The molecule has 0 spiro atoms. The summed E-state index contributed by atoms with van der Waals surface area (Å²) in [5.74, 6) is -0.0935. The molecule has 5 heteroatoms. The maximum Gasteiger partial charge on any atom is 0.313 e. The molecule has 0 radical (unpaired) electrons.